The Hall–Kier alpha value is -2.41. The largest absolute Gasteiger partial charge is 0.390 e. The molecule has 3 aromatic rings. The number of halogens is 2. The predicted octanol–water partition coefficient (Wildman–Crippen LogP) is 5.57. The van der Waals surface area contributed by atoms with Crippen molar-refractivity contribution in [2.24, 2.45) is 5.16 Å². The van der Waals surface area contributed by atoms with E-state index in [-0.39, 0.29) is 12.7 Å². The molecule has 34 heavy (non-hydrogen) atoms. The molecule has 0 saturated carbocycles. The minimum absolute atomic E-state index is 0.109. The SMILES string of the molecule is O[C@@H](COCc1ccccc1)CN(Cc1cccc(Cl)c1)C[C@@H]1CC(c2ccc(Cl)cc2)=NO1. The van der Waals surface area contributed by atoms with E-state index in [1.807, 2.05) is 78.9 Å². The minimum atomic E-state index is -0.638. The Morgan fingerprint density at radius 1 is 0.971 bits per heavy atom. The standard InChI is InChI=1S/C27H28Cl2N2O3/c28-23-11-9-22(10-12-23)27-14-26(34-30-27)17-31(15-21-7-4-8-24(29)13-21)16-25(32)19-33-18-20-5-2-1-3-6-20/h1-13,25-26,32H,14-19H2/t25-,26+/m1/s1. The molecule has 0 radical (unpaired) electrons. The zero-order valence-corrected chi connectivity index (χ0v) is 20.3. The van der Waals surface area contributed by atoms with E-state index in [1.165, 1.54) is 0 Å². The highest BCUT2D eigenvalue weighted by atomic mass is 35.5. The topological polar surface area (TPSA) is 54.3 Å². The van der Waals surface area contributed by atoms with Crippen LogP contribution in [0.2, 0.25) is 10.0 Å². The number of benzene rings is 3. The van der Waals surface area contributed by atoms with Gasteiger partial charge in [-0.05, 0) is 41.0 Å². The molecule has 178 valence electrons. The van der Waals surface area contributed by atoms with Crippen molar-refractivity contribution in [1.82, 2.24) is 4.90 Å². The number of ether oxygens (including phenoxy) is 1. The van der Waals surface area contributed by atoms with Crippen LogP contribution in [-0.4, -0.2) is 47.6 Å². The lowest BCUT2D eigenvalue weighted by Crippen LogP contribution is -2.39. The van der Waals surface area contributed by atoms with E-state index < -0.39 is 6.10 Å². The van der Waals surface area contributed by atoms with Crippen molar-refractivity contribution in [1.29, 1.82) is 0 Å². The minimum Gasteiger partial charge on any atom is -0.390 e. The van der Waals surface area contributed by atoms with Crippen molar-refractivity contribution in [3.05, 3.63) is 106 Å². The molecular formula is C27H28Cl2N2O3. The second-order valence-corrected chi connectivity index (χ2v) is 9.33. The Labute approximate surface area is 210 Å². The second-order valence-electron chi connectivity index (χ2n) is 8.45. The lowest BCUT2D eigenvalue weighted by Gasteiger charge is -2.27. The second kappa shape index (κ2) is 12.3. The number of aliphatic hydroxyl groups excluding tert-OH is 1. The summed E-state index contributed by atoms with van der Waals surface area (Å²) in [6, 6.07) is 25.3. The van der Waals surface area contributed by atoms with Crippen molar-refractivity contribution in [2.45, 2.75) is 31.8 Å². The quantitative estimate of drug-likeness (QED) is 0.375. The molecular weight excluding hydrogens is 471 g/mol. The molecule has 0 aliphatic carbocycles. The van der Waals surface area contributed by atoms with E-state index in [1.54, 1.807) is 0 Å². The summed E-state index contributed by atoms with van der Waals surface area (Å²) in [5.74, 6) is 0. The Balaban J connectivity index is 1.34. The lowest BCUT2D eigenvalue weighted by molar-refractivity contribution is -0.00648. The first kappa shape index (κ1) is 24.7. The summed E-state index contributed by atoms with van der Waals surface area (Å²) >= 11 is 12.2. The first-order valence-corrected chi connectivity index (χ1v) is 12.1. The Morgan fingerprint density at radius 2 is 1.74 bits per heavy atom. The maximum absolute atomic E-state index is 10.7. The molecule has 4 rings (SSSR count). The molecule has 0 fully saturated rings. The third-order valence-electron chi connectivity index (χ3n) is 5.56. The van der Waals surface area contributed by atoms with E-state index in [2.05, 4.69) is 10.1 Å². The Morgan fingerprint density at radius 3 is 2.50 bits per heavy atom. The zero-order valence-electron chi connectivity index (χ0n) is 18.8. The number of rotatable bonds is 11. The average molecular weight is 499 g/mol. The fourth-order valence-electron chi connectivity index (χ4n) is 3.96. The van der Waals surface area contributed by atoms with E-state index in [4.69, 9.17) is 32.8 Å². The van der Waals surface area contributed by atoms with Crippen LogP contribution in [0.3, 0.4) is 0 Å². The van der Waals surface area contributed by atoms with Crippen LogP contribution in [0.15, 0.2) is 84.0 Å². The van der Waals surface area contributed by atoms with Crippen LogP contribution >= 0.6 is 23.2 Å². The van der Waals surface area contributed by atoms with Gasteiger partial charge in [-0.25, -0.2) is 0 Å². The van der Waals surface area contributed by atoms with Gasteiger partial charge < -0.3 is 14.7 Å². The van der Waals surface area contributed by atoms with E-state index in [0.29, 0.717) is 42.7 Å². The fourth-order valence-corrected chi connectivity index (χ4v) is 4.30. The van der Waals surface area contributed by atoms with Gasteiger partial charge in [-0.15, -0.1) is 0 Å². The lowest BCUT2D eigenvalue weighted by atomic mass is 10.0. The molecule has 1 heterocycles. The number of nitrogens with zero attached hydrogens (tertiary/aromatic N) is 2. The van der Waals surface area contributed by atoms with Gasteiger partial charge >= 0.3 is 0 Å². The van der Waals surface area contributed by atoms with Crippen molar-refractivity contribution in [2.75, 3.05) is 19.7 Å². The Bertz CT molecular complexity index is 1080. The monoisotopic (exact) mass is 498 g/mol. The molecule has 5 nitrogen and oxygen atoms in total. The van der Waals surface area contributed by atoms with Crippen LogP contribution in [-0.2, 0) is 22.7 Å². The maximum Gasteiger partial charge on any atom is 0.145 e. The van der Waals surface area contributed by atoms with Crippen LogP contribution in [0.5, 0.6) is 0 Å². The summed E-state index contributed by atoms with van der Waals surface area (Å²) in [5.41, 5.74) is 4.05. The maximum atomic E-state index is 10.7. The van der Waals surface area contributed by atoms with Crippen LogP contribution in [0.25, 0.3) is 0 Å². The molecule has 0 spiro atoms. The van der Waals surface area contributed by atoms with Gasteiger partial charge in [0.2, 0.25) is 0 Å². The highest BCUT2D eigenvalue weighted by molar-refractivity contribution is 6.31. The van der Waals surface area contributed by atoms with Crippen LogP contribution < -0.4 is 0 Å². The molecule has 0 saturated heterocycles. The molecule has 0 amide bonds. The summed E-state index contributed by atoms with van der Waals surface area (Å²) in [6.45, 7) is 2.40. The summed E-state index contributed by atoms with van der Waals surface area (Å²) in [6.07, 6.45) is -0.0582. The molecule has 0 bridgehead atoms. The molecule has 1 N–H and O–H groups in total. The van der Waals surface area contributed by atoms with Crippen LogP contribution in [0, 0.1) is 0 Å². The average Bonchev–Trinajstić information content (AvgIpc) is 3.28. The van der Waals surface area contributed by atoms with E-state index in [0.717, 1.165) is 22.4 Å². The number of hydrogen-bond donors (Lipinski definition) is 1. The first-order valence-electron chi connectivity index (χ1n) is 11.3. The smallest absolute Gasteiger partial charge is 0.145 e. The number of hydrogen-bond acceptors (Lipinski definition) is 5. The molecule has 7 heteroatoms. The van der Waals surface area contributed by atoms with Crippen molar-refractivity contribution >= 4 is 28.9 Å². The molecule has 0 unspecified atom stereocenters. The van der Waals surface area contributed by atoms with Gasteiger partial charge in [-0.2, -0.15) is 0 Å². The van der Waals surface area contributed by atoms with Gasteiger partial charge in [0.05, 0.1) is 25.0 Å². The summed E-state index contributed by atoms with van der Waals surface area (Å²) < 4.78 is 5.74. The van der Waals surface area contributed by atoms with Crippen LogP contribution in [0.1, 0.15) is 23.1 Å². The number of aliphatic hydroxyl groups is 1. The summed E-state index contributed by atoms with van der Waals surface area (Å²) in [4.78, 5) is 7.90. The Kier molecular flexibility index (Phi) is 8.97. The molecule has 2 atom stereocenters. The molecule has 3 aromatic carbocycles. The summed E-state index contributed by atoms with van der Waals surface area (Å²) in [5, 5.41) is 16.4. The van der Waals surface area contributed by atoms with E-state index >= 15 is 0 Å². The summed E-state index contributed by atoms with van der Waals surface area (Å²) in [7, 11) is 0. The van der Waals surface area contributed by atoms with Gasteiger partial charge in [0, 0.05) is 36.1 Å². The van der Waals surface area contributed by atoms with Gasteiger partial charge in [-0.3, -0.25) is 4.90 Å². The van der Waals surface area contributed by atoms with Gasteiger partial charge in [0.1, 0.15) is 6.10 Å². The predicted molar refractivity (Wildman–Crippen MR) is 136 cm³/mol. The third kappa shape index (κ3) is 7.55. The van der Waals surface area contributed by atoms with Crippen molar-refractivity contribution in [3.63, 3.8) is 0 Å². The molecule has 1 aliphatic rings. The third-order valence-corrected chi connectivity index (χ3v) is 6.05. The normalized spacial score (nSPS) is 16.4. The van der Waals surface area contributed by atoms with Crippen molar-refractivity contribution < 1.29 is 14.7 Å². The van der Waals surface area contributed by atoms with E-state index in [9.17, 15) is 5.11 Å². The molecule has 1 aliphatic heterocycles. The highest BCUT2D eigenvalue weighted by Crippen LogP contribution is 2.21. The number of oxime groups is 1. The fraction of sp³-hybridized carbons (Fsp3) is 0.296. The zero-order chi connectivity index (χ0) is 23.8. The van der Waals surface area contributed by atoms with Crippen LogP contribution in [0.4, 0.5) is 0 Å². The van der Waals surface area contributed by atoms with Crippen molar-refractivity contribution in [3.8, 4) is 0 Å². The van der Waals surface area contributed by atoms with Gasteiger partial charge in [0.15, 0.2) is 0 Å². The van der Waals surface area contributed by atoms with Gasteiger partial charge in [0.25, 0.3) is 0 Å². The molecule has 0 aromatic heterocycles. The highest BCUT2D eigenvalue weighted by Gasteiger charge is 2.26. The first-order chi connectivity index (χ1) is 16.5. The van der Waals surface area contributed by atoms with Gasteiger partial charge in [-0.1, -0.05) is 83.0 Å².